The van der Waals surface area contributed by atoms with Crippen LogP contribution in [-0.4, -0.2) is 40.4 Å². The van der Waals surface area contributed by atoms with Gasteiger partial charge in [0.25, 0.3) is 0 Å². The van der Waals surface area contributed by atoms with Gasteiger partial charge in [-0.25, -0.2) is 4.79 Å². The Hall–Kier alpha value is -4.67. The number of fused-ring (bicyclic) bond motifs is 2. The number of rotatable bonds is 8. The summed E-state index contributed by atoms with van der Waals surface area (Å²) < 4.78 is 61.6. The zero-order chi connectivity index (χ0) is 27.9. The summed E-state index contributed by atoms with van der Waals surface area (Å²) in [5.41, 5.74) is 3.24. The van der Waals surface area contributed by atoms with Crippen LogP contribution in [0, 0.1) is 6.92 Å². The van der Waals surface area contributed by atoms with Gasteiger partial charge >= 0.3 is 12.3 Å². The molecule has 0 fully saturated rings. The summed E-state index contributed by atoms with van der Waals surface area (Å²) in [6.07, 6.45) is -5.68. The first-order valence-corrected chi connectivity index (χ1v) is 11.9. The van der Waals surface area contributed by atoms with Crippen LogP contribution < -0.4 is 14.2 Å². The molecule has 0 spiro atoms. The van der Waals surface area contributed by atoms with Crippen LogP contribution in [0.15, 0.2) is 65.2 Å². The Morgan fingerprint density at radius 3 is 2.49 bits per heavy atom. The molecule has 39 heavy (non-hydrogen) atoms. The number of methoxy groups -OCH3 is 1. The van der Waals surface area contributed by atoms with Crippen molar-refractivity contribution in [2.24, 2.45) is 0 Å². The Balaban J connectivity index is 1.73. The molecule has 0 aliphatic rings. The average Bonchev–Trinajstić information content (AvgIpc) is 3.42. The van der Waals surface area contributed by atoms with E-state index in [2.05, 4.69) is 9.89 Å². The maximum atomic E-state index is 13.1. The van der Waals surface area contributed by atoms with E-state index < -0.39 is 18.4 Å². The molecule has 202 valence electrons. The first-order valence-electron chi connectivity index (χ1n) is 11.9. The van der Waals surface area contributed by atoms with Crippen molar-refractivity contribution in [3.63, 3.8) is 0 Å². The molecule has 8 nitrogen and oxygen atoms in total. The molecule has 3 aromatic carbocycles. The molecule has 0 unspecified atom stereocenters. The Bertz CT molecular complexity index is 1690. The van der Waals surface area contributed by atoms with Gasteiger partial charge in [0.1, 0.15) is 22.9 Å². The number of aromatic nitrogens is 2. The lowest BCUT2D eigenvalue weighted by Crippen LogP contribution is -2.25. The summed E-state index contributed by atoms with van der Waals surface area (Å²) in [6, 6.07) is 16.0. The van der Waals surface area contributed by atoms with Crippen LogP contribution in [0.2, 0.25) is 0 Å². The van der Waals surface area contributed by atoms with Crippen LogP contribution in [-0.2, 0) is 4.79 Å². The van der Waals surface area contributed by atoms with Crippen molar-refractivity contribution in [2.75, 3.05) is 7.11 Å². The number of carboxylic acids is 1. The van der Waals surface area contributed by atoms with Crippen molar-refractivity contribution in [3.05, 3.63) is 66.4 Å². The van der Waals surface area contributed by atoms with E-state index in [1.807, 2.05) is 6.92 Å². The number of halogens is 3. The fraction of sp³-hybridized carbons (Fsp3) is 0.214. The first-order chi connectivity index (χ1) is 18.6. The SMILES string of the molecule is CC[C@@H](Oc1cccc(-n2c(C)c(-c3noc4cc(OC)ccc34)c3ccc(OC(F)(F)F)cc32)c1)C(=O)O. The second-order valence-corrected chi connectivity index (χ2v) is 8.77. The molecular weight excluding hydrogens is 517 g/mol. The lowest BCUT2D eigenvalue weighted by atomic mass is 10.0. The molecule has 0 bridgehead atoms. The van der Waals surface area contributed by atoms with Crippen molar-refractivity contribution in [1.82, 2.24) is 9.72 Å². The van der Waals surface area contributed by atoms with E-state index in [-0.39, 0.29) is 12.2 Å². The van der Waals surface area contributed by atoms with Gasteiger partial charge in [-0.05, 0) is 49.7 Å². The quantitative estimate of drug-likeness (QED) is 0.229. The normalized spacial score (nSPS) is 12.6. The lowest BCUT2D eigenvalue weighted by molar-refractivity contribution is -0.274. The van der Waals surface area contributed by atoms with E-state index >= 15 is 0 Å². The zero-order valence-corrected chi connectivity index (χ0v) is 21.1. The second kappa shape index (κ2) is 9.90. The van der Waals surface area contributed by atoms with Gasteiger partial charge in [-0.2, -0.15) is 0 Å². The lowest BCUT2D eigenvalue weighted by Gasteiger charge is -2.15. The van der Waals surface area contributed by atoms with E-state index in [1.165, 1.54) is 25.3 Å². The number of alkyl halides is 3. The Morgan fingerprint density at radius 1 is 1.05 bits per heavy atom. The van der Waals surface area contributed by atoms with E-state index in [0.717, 1.165) is 0 Å². The molecule has 2 aromatic heterocycles. The topological polar surface area (TPSA) is 96.0 Å². The summed E-state index contributed by atoms with van der Waals surface area (Å²) in [6.45, 7) is 3.50. The fourth-order valence-corrected chi connectivity index (χ4v) is 4.62. The van der Waals surface area contributed by atoms with Crippen molar-refractivity contribution >= 4 is 27.8 Å². The first kappa shape index (κ1) is 26.0. The van der Waals surface area contributed by atoms with Crippen LogP contribution in [0.3, 0.4) is 0 Å². The molecule has 0 radical (unpaired) electrons. The van der Waals surface area contributed by atoms with Crippen molar-refractivity contribution in [1.29, 1.82) is 0 Å². The third-order valence-electron chi connectivity index (χ3n) is 6.33. The average molecular weight is 540 g/mol. The molecular formula is C28H23F3N2O6. The number of aliphatic carboxylic acids is 1. The smallest absolute Gasteiger partial charge is 0.497 e. The van der Waals surface area contributed by atoms with Gasteiger partial charge in [0.2, 0.25) is 0 Å². The predicted octanol–water partition coefficient (Wildman–Crippen LogP) is 6.90. The number of carboxylic acid groups (broad SMARTS) is 1. The molecule has 0 aliphatic carbocycles. The van der Waals surface area contributed by atoms with Gasteiger partial charge in [0.05, 0.1) is 18.0 Å². The van der Waals surface area contributed by atoms with E-state index in [4.69, 9.17) is 14.0 Å². The van der Waals surface area contributed by atoms with Gasteiger partial charge in [0, 0.05) is 40.5 Å². The highest BCUT2D eigenvalue weighted by Crippen LogP contribution is 2.41. The van der Waals surface area contributed by atoms with Gasteiger partial charge in [-0.15, -0.1) is 13.2 Å². The number of carbonyl (C=O) groups is 1. The number of ether oxygens (including phenoxy) is 3. The number of benzene rings is 3. The summed E-state index contributed by atoms with van der Waals surface area (Å²) >= 11 is 0. The third kappa shape index (κ3) is 4.95. The van der Waals surface area contributed by atoms with E-state index in [0.29, 0.717) is 56.0 Å². The molecule has 11 heteroatoms. The van der Waals surface area contributed by atoms with Gasteiger partial charge in [-0.1, -0.05) is 18.1 Å². The maximum Gasteiger partial charge on any atom is 0.573 e. The van der Waals surface area contributed by atoms with Gasteiger partial charge in [-0.3, -0.25) is 0 Å². The van der Waals surface area contributed by atoms with Crippen LogP contribution >= 0.6 is 0 Å². The Kier molecular flexibility index (Phi) is 6.59. The number of hydrogen-bond acceptors (Lipinski definition) is 6. The Morgan fingerprint density at radius 2 is 1.79 bits per heavy atom. The van der Waals surface area contributed by atoms with Crippen LogP contribution in [0.5, 0.6) is 17.2 Å². The summed E-state index contributed by atoms with van der Waals surface area (Å²) in [5.74, 6) is -0.608. The molecule has 1 N–H and O–H groups in total. The summed E-state index contributed by atoms with van der Waals surface area (Å²) in [5, 5.41) is 15.0. The molecule has 5 aromatic rings. The zero-order valence-electron chi connectivity index (χ0n) is 21.1. The molecule has 2 heterocycles. The van der Waals surface area contributed by atoms with Gasteiger partial charge < -0.3 is 28.4 Å². The molecule has 1 atom stereocenters. The minimum absolute atomic E-state index is 0.247. The highest BCUT2D eigenvalue weighted by molar-refractivity contribution is 6.05. The van der Waals surface area contributed by atoms with E-state index in [9.17, 15) is 23.1 Å². The monoisotopic (exact) mass is 540 g/mol. The molecule has 0 saturated carbocycles. The van der Waals surface area contributed by atoms with Crippen LogP contribution in [0.25, 0.3) is 38.8 Å². The van der Waals surface area contributed by atoms with Crippen LogP contribution in [0.1, 0.15) is 19.0 Å². The van der Waals surface area contributed by atoms with Crippen molar-refractivity contribution in [3.8, 4) is 34.2 Å². The minimum Gasteiger partial charge on any atom is -0.497 e. The van der Waals surface area contributed by atoms with Crippen LogP contribution in [0.4, 0.5) is 13.2 Å². The van der Waals surface area contributed by atoms with E-state index in [1.54, 1.807) is 54.0 Å². The number of nitrogens with zero attached hydrogens (tertiary/aromatic N) is 2. The fourth-order valence-electron chi connectivity index (χ4n) is 4.62. The highest BCUT2D eigenvalue weighted by Gasteiger charge is 2.32. The second-order valence-electron chi connectivity index (χ2n) is 8.77. The molecule has 0 saturated heterocycles. The predicted molar refractivity (Wildman–Crippen MR) is 137 cm³/mol. The third-order valence-corrected chi connectivity index (χ3v) is 6.33. The molecule has 0 aliphatic heterocycles. The number of hydrogen-bond donors (Lipinski definition) is 1. The molecule has 0 amide bonds. The largest absolute Gasteiger partial charge is 0.573 e. The highest BCUT2D eigenvalue weighted by atomic mass is 19.4. The van der Waals surface area contributed by atoms with Crippen molar-refractivity contribution < 1.29 is 41.8 Å². The maximum absolute atomic E-state index is 13.1. The summed E-state index contributed by atoms with van der Waals surface area (Å²) in [4.78, 5) is 11.5. The van der Waals surface area contributed by atoms with Crippen molar-refractivity contribution in [2.45, 2.75) is 32.7 Å². The minimum atomic E-state index is -4.87. The Labute approximate surface area is 220 Å². The standard InChI is InChI=1S/C28H23F3N2O6/c1-4-23(27(34)35)37-18-7-5-6-16(12-18)33-15(2)25(20-10-9-19(13-22(20)33)38-28(29,30)31)26-21-11-8-17(36-3)14-24(21)39-32-26/h5-14,23H,4H2,1-3H3,(H,34,35)/t23-/m1/s1. The summed E-state index contributed by atoms with van der Waals surface area (Å²) in [7, 11) is 1.54. The molecule has 5 rings (SSSR count). The van der Waals surface area contributed by atoms with Gasteiger partial charge in [0.15, 0.2) is 11.7 Å².